The molecule has 3 aromatic rings. The Bertz CT molecular complexity index is 951. The molecule has 1 heterocycles. The molecule has 0 aliphatic rings. The van der Waals surface area contributed by atoms with Gasteiger partial charge in [-0.05, 0) is 41.3 Å². The first-order valence-corrected chi connectivity index (χ1v) is 9.38. The second-order valence-electron chi connectivity index (χ2n) is 7.63. The third kappa shape index (κ3) is 5.01. The first-order chi connectivity index (χ1) is 12.9. The van der Waals surface area contributed by atoms with Crippen LogP contribution >= 0.6 is 11.6 Å². The number of aromatic nitrogens is 2. The average Bonchev–Trinajstić information content (AvgIpc) is 3.04. The summed E-state index contributed by atoms with van der Waals surface area (Å²) < 4.78 is 7.39. The first-order valence-electron chi connectivity index (χ1n) is 9.01. The lowest BCUT2D eigenvalue weighted by Crippen LogP contribution is -2.04. The second kappa shape index (κ2) is 8.01. The predicted octanol–water partition coefficient (Wildman–Crippen LogP) is 6.32. The van der Waals surface area contributed by atoms with E-state index in [1.807, 2.05) is 47.1 Å². The van der Waals surface area contributed by atoms with Crippen molar-refractivity contribution in [2.24, 2.45) is 5.41 Å². The Balaban J connectivity index is 2.05. The number of halogens is 1. The van der Waals surface area contributed by atoms with Crippen LogP contribution in [-0.4, -0.2) is 16.9 Å². The van der Waals surface area contributed by atoms with Gasteiger partial charge in [-0.3, -0.25) is 4.68 Å². The SMILES string of the molecule is COc1cccc(-c2cc(/C=C/C(C)(C)C)nn2Cc2ccccc2Cl)c1. The predicted molar refractivity (Wildman–Crippen MR) is 113 cm³/mol. The Morgan fingerprint density at radius 2 is 1.85 bits per heavy atom. The number of hydrogen-bond donors (Lipinski definition) is 0. The molecule has 2 aromatic carbocycles. The molecule has 3 rings (SSSR count). The molecule has 0 aliphatic heterocycles. The van der Waals surface area contributed by atoms with Gasteiger partial charge in [0.1, 0.15) is 5.75 Å². The van der Waals surface area contributed by atoms with Gasteiger partial charge in [0.05, 0.1) is 25.0 Å². The van der Waals surface area contributed by atoms with Crippen molar-refractivity contribution >= 4 is 17.7 Å². The van der Waals surface area contributed by atoms with Gasteiger partial charge < -0.3 is 4.74 Å². The van der Waals surface area contributed by atoms with E-state index in [0.29, 0.717) is 6.54 Å². The highest BCUT2D eigenvalue weighted by Gasteiger charge is 2.12. The van der Waals surface area contributed by atoms with Gasteiger partial charge in [0.2, 0.25) is 0 Å². The Morgan fingerprint density at radius 3 is 2.56 bits per heavy atom. The fourth-order valence-corrected chi connectivity index (χ4v) is 2.97. The number of ether oxygens (including phenoxy) is 1. The molecule has 140 valence electrons. The zero-order valence-electron chi connectivity index (χ0n) is 16.2. The quantitative estimate of drug-likeness (QED) is 0.517. The van der Waals surface area contributed by atoms with Crippen molar-refractivity contribution in [3.05, 3.63) is 77.0 Å². The van der Waals surface area contributed by atoms with E-state index in [1.54, 1.807) is 7.11 Å². The molecule has 0 spiro atoms. The summed E-state index contributed by atoms with van der Waals surface area (Å²) in [5.41, 5.74) is 4.15. The van der Waals surface area contributed by atoms with E-state index in [2.05, 4.69) is 45.1 Å². The first kappa shape index (κ1) is 19.2. The van der Waals surface area contributed by atoms with Crippen molar-refractivity contribution in [3.63, 3.8) is 0 Å². The minimum Gasteiger partial charge on any atom is -0.497 e. The van der Waals surface area contributed by atoms with Crippen LogP contribution in [0.15, 0.2) is 60.7 Å². The number of allylic oxidation sites excluding steroid dienone is 1. The van der Waals surface area contributed by atoms with Crippen molar-refractivity contribution in [2.75, 3.05) is 7.11 Å². The molecule has 0 bridgehead atoms. The monoisotopic (exact) mass is 380 g/mol. The fraction of sp³-hybridized carbons (Fsp3) is 0.261. The van der Waals surface area contributed by atoms with Gasteiger partial charge in [0.25, 0.3) is 0 Å². The Morgan fingerprint density at radius 1 is 1.07 bits per heavy atom. The lowest BCUT2D eigenvalue weighted by atomic mass is 9.96. The zero-order chi connectivity index (χ0) is 19.4. The van der Waals surface area contributed by atoms with Gasteiger partial charge in [-0.25, -0.2) is 0 Å². The summed E-state index contributed by atoms with van der Waals surface area (Å²) in [5.74, 6) is 0.824. The van der Waals surface area contributed by atoms with Gasteiger partial charge in [-0.1, -0.05) is 68.8 Å². The number of methoxy groups -OCH3 is 1. The molecule has 0 fully saturated rings. The minimum absolute atomic E-state index is 0.0998. The summed E-state index contributed by atoms with van der Waals surface area (Å²) in [6.45, 7) is 7.13. The van der Waals surface area contributed by atoms with Crippen LogP contribution < -0.4 is 4.74 Å². The summed E-state index contributed by atoms with van der Waals surface area (Å²) >= 11 is 6.37. The molecular formula is C23H25ClN2O. The zero-order valence-corrected chi connectivity index (χ0v) is 17.0. The van der Waals surface area contributed by atoms with Gasteiger partial charge in [0.15, 0.2) is 0 Å². The van der Waals surface area contributed by atoms with E-state index in [1.165, 1.54) is 0 Å². The highest BCUT2D eigenvalue weighted by Crippen LogP contribution is 2.27. The van der Waals surface area contributed by atoms with Gasteiger partial charge in [-0.15, -0.1) is 0 Å². The summed E-state index contributed by atoms with van der Waals surface area (Å²) in [5, 5.41) is 5.56. The van der Waals surface area contributed by atoms with E-state index >= 15 is 0 Å². The molecular weight excluding hydrogens is 356 g/mol. The molecule has 0 N–H and O–H groups in total. The molecule has 0 saturated heterocycles. The van der Waals surface area contributed by atoms with E-state index in [9.17, 15) is 0 Å². The maximum atomic E-state index is 6.37. The summed E-state index contributed by atoms with van der Waals surface area (Å²) in [6.07, 6.45) is 4.25. The van der Waals surface area contributed by atoms with E-state index in [0.717, 1.165) is 33.3 Å². The van der Waals surface area contributed by atoms with Crippen LogP contribution in [0.5, 0.6) is 5.75 Å². The van der Waals surface area contributed by atoms with Crippen LogP contribution in [0.2, 0.25) is 5.02 Å². The van der Waals surface area contributed by atoms with Crippen LogP contribution in [0.1, 0.15) is 32.0 Å². The number of rotatable bonds is 5. The van der Waals surface area contributed by atoms with Crippen LogP contribution in [-0.2, 0) is 6.54 Å². The summed E-state index contributed by atoms with van der Waals surface area (Å²) in [7, 11) is 1.68. The highest BCUT2D eigenvalue weighted by molar-refractivity contribution is 6.31. The normalized spacial score (nSPS) is 11.9. The Hall–Kier alpha value is -2.52. The maximum Gasteiger partial charge on any atom is 0.119 e. The molecule has 0 aliphatic carbocycles. The number of nitrogens with zero attached hydrogens (tertiary/aromatic N) is 2. The van der Waals surface area contributed by atoms with Gasteiger partial charge >= 0.3 is 0 Å². The number of hydrogen-bond acceptors (Lipinski definition) is 2. The van der Waals surface area contributed by atoms with Crippen LogP contribution in [0.25, 0.3) is 17.3 Å². The van der Waals surface area contributed by atoms with Crippen molar-refractivity contribution in [3.8, 4) is 17.0 Å². The third-order valence-corrected chi connectivity index (χ3v) is 4.57. The molecule has 3 nitrogen and oxygen atoms in total. The standard InChI is InChI=1S/C23H25ClN2O/c1-23(2,3)13-12-19-15-22(17-9-7-10-20(14-17)27-4)26(25-19)16-18-8-5-6-11-21(18)24/h5-15H,16H2,1-4H3/b13-12+. The van der Waals surface area contributed by atoms with Gasteiger partial charge in [-0.2, -0.15) is 5.10 Å². The molecule has 0 unspecified atom stereocenters. The third-order valence-electron chi connectivity index (χ3n) is 4.20. The van der Waals surface area contributed by atoms with Crippen molar-refractivity contribution in [2.45, 2.75) is 27.3 Å². The van der Waals surface area contributed by atoms with E-state index in [-0.39, 0.29) is 5.41 Å². The van der Waals surface area contributed by atoms with Gasteiger partial charge in [0, 0.05) is 10.6 Å². The van der Waals surface area contributed by atoms with E-state index < -0.39 is 0 Å². The smallest absolute Gasteiger partial charge is 0.119 e. The topological polar surface area (TPSA) is 27.1 Å². The van der Waals surface area contributed by atoms with Crippen LogP contribution in [0, 0.1) is 5.41 Å². The second-order valence-corrected chi connectivity index (χ2v) is 8.04. The lowest BCUT2D eigenvalue weighted by Gasteiger charge is -2.10. The minimum atomic E-state index is 0.0998. The molecule has 0 saturated carbocycles. The van der Waals surface area contributed by atoms with Crippen LogP contribution in [0.4, 0.5) is 0 Å². The molecule has 4 heteroatoms. The Labute approximate surface area is 166 Å². The fourth-order valence-electron chi connectivity index (χ4n) is 2.78. The average molecular weight is 381 g/mol. The summed E-state index contributed by atoms with van der Waals surface area (Å²) in [6, 6.07) is 18.0. The number of benzene rings is 2. The molecule has 0 atom stereocenters. The maximum absolute atomic E-state index is 6.37. The highest BCUT2D eigenvalue weighted by atomic mass is 35.5. The summed E-state index contributed by atoms with van der Waals surface area (Å²) in [4.78, 5) is 0. The van der Waals surface area contributed by atoms with Crippen molar-refractivity contribution < 1.29 is 4.74 Å². The molecule has 1 aromatic heterocycles. The largest absolute Gasteiger partial charge is 0.497 e. The lowest BCUT2D eigenvalue weighted by molar-refractivity contribution is 0.415. The van der Waals surface area contributed by atoms with Crippen molar-refractivity contribution in [1.82, 2.24) is 9.78 Å². The van der Waals surface area contributed by atoms with Crippen molar-refractivity contribution in [1.29, 1.82) is 0 Å². The molecule has 0 amide bonds. The van der Waals surface area contributed by atoms with E-state index in [4.69, 9.17) is 21.4 Å². The Kier molecular flexibility index (Phi) is 5.71. The molecule has 27 heavy (non-hydrogen) atoms. The molecule has 0 radical (unpaired) electrons. The van der Waals surface area contributed by atoms with Crippen LogP contribution in [0.3, 0.4) is 0 Å².